The molecule has 0 saturated heterocycles. The van der Waals surface area contributed by atoms with Gasteiger partial charge in [0.15, 0.2) is 0 Å². The van der Waals surface area contributed by atoms with Gasteiger partial charge in [-0.1, -0.05) is 33.8 Å². The van der Waals surface area contributed by atoms with Gasteiger partial charge >= 0.3 is 29.8 Å². The molecule has 0 unspecified atom stereocenters. The molecule has 3 rings (SSSR count). The van der Waals surface area contributed by atoms with Gasteiger partial charge in [0.05, 0.1) is 22.8 Å². The number of alkyl halides is 1. The molecule has 3 aliphatic rings. The van der Waals surface area contributed by atoms with E-state index in [9.17, 15) is 29.1 Å². The second kappa shape index (κ2) is 14.9. The van der Waals surface area contributed by atoms with Gasteiger partial charge in [0.25, 0.3) is 0 Å². The standard InChI is InChI=1S/C34H49ClO11/c1-9-19(3)30(39)45-25-11-12-33(41,17-35)34(18-43-22(6)36)27(44-23(7)37)13-21(5)32(8,29(25)34)15-26(24-14-28(38)42-16-24)46-31(40)20(4)10-2/h9,14,20-21,25-27,29,41H,10-13,15-18H2,1-8H3/b19-9+/t20-,21+,25+,26-,27-,29+,32-,33-,34+/m0/s1. The number of cyclic esters (lactones) is 1. The summed E-state index contributed by atoms with van der Waals surface area (Å²) in [5, 5.41) is 12.5. The lowest BCUT2D eigenvalue weighted by Gasteiger charge is -2.67. The van der Waals surface area contributed by atoms with E-state index in [1.807, 2.05) is 20.8 Å². The molecule has 1 heterocycles. The Morgan fingerprint density at radius 1 is 1.17 bits per heavy atom. The number of ether oxygens (including phenoxy) is 5. The van der Waals surface area contributed by atoms with Crippen LogP contribution in [0.25, 0.3) is 0 Å². The van der Waals surface area contributed by atoms with Crippen LogP contribution in [0.1, 0.15) is 87.5 Å². The molecule has 2 fully saturated rings. The maximum absolute atomic E-state index is 13.3. The molecule has 258 valence electrons. The summed E-state index contributed by atoms with van der Waals surface area (Å²) in [6.45, 7) is 12.9. The van der Waals surface area contributed by atoms with Crippen LogP contribution in [-0.2, 0) is 47.7 Å². The maximum atomic E-state index is 13.3. The Labute approximate surface area is 276 Å². The number of fused-ring (bicyclic) bond motifs is 1. The van der Waals surface area contributed by atoms with Gasteiger partial charge in [-0.3, -0.25) is 14.4 Å². The lowest BCUT2D eigenvalue weighted by molar-refractivity contribution is -0.293. The van der Waals surface area contributed by atoms with E-state index >= 15 is 0 Å². The maximum Gasteiger partial charge on any atom is 0.333 e. The summed E-state index contributed by atoms with van der Waals surface area (Å²) < 4.78 is 29.1. The number of hydrogen-bond donors (Lipinski definition) is 1. The fourth-order valence-corrected chi connectivity index (χ4v) is 7.94. The van der Waals surface area contributed by atoms with Crippen LogP contribution >= 0.6 is 11.6 Å². The first-order valence-electron chi connectivity index (χ1n) is 16.0. The number of halogens is 1. The Kier molecular flexibility index (Phi) is 12.1. The predicted octanol–water partition coefficient (Wildman–Crippen LogP) is 4.60. The molecule has 0 spiro atoms. The zero-order valence-electron chi connectivity index (χ0n) is 28.2. The molecular formula is C34H49ClO11. The van der Waals surface area contributed by atoms with Gasteiger partial charge < -0.3 is 28.8 Å². The molecule has 0 aromatic heterocycles. The molecule has 12 heteroatoms. The summed E-state index contributed by atoms with van der Waals surface area (Å²) in [7, 11) is 0. The first kappa shape index (κ1) is 37.5. The molecule has 0 bridgehead atoms. The summed E-state index contributed by atoms with van der Waals surface area (Å²) in [6.07, 6.45) is 1.37. The lowest BCUT2D eigenvalue weighted by atomic mass is 9.41. The number of esters is 5. The van der Waals surface area contributed by atoms with E-state index in [4.69, 9.17) is 35.3 Å². The fourth-order valence-electron chi connectivity index (χ4n) is 7.55. The minimum Gasteiger partial charge on any atom is -0.465 e. The SMILES string of the molecule is C/C=C(\C)C(=O)O[C@@H]1CC[C@](O)(CCl)[C@]2(COC(C)=O)[C@@H](OC(C)=O)C[C@@H](C)[C@](C)(C[C@H](OC(=O)[C@@H](C)CC)C3=CC(=O)OC3)[C@@H]12. The normalized spacial score (nSPS) is 33.9. The van der Waals surface area contributed by atoms with Crippen LogP contribution in [0.2, 0.25) is 0 Å². The predicted molar refractivity (Wildman–Crippen MR) is 167 cm³/mol. The van der Waals surface area contributed by atoms with Gasteiger partial charge in [0.1, 0.15) is 31.5 Å². The fraction of sp³-hybridized carbons (Fsp3) is 0.735. The van der Waals surface area contributed by atoms with Gasteiger partial charge in [0, 0.05) is 37.0 Å². The van der Waals surface area contributed by atoms with Crippen molar-refractivity contribution in [2.45, 2.75) is 111 Å². The topological polar surface area (TPSA) is 152 Å². The quantitative estimate of drug-likeness (QED) is 0.134. The lowest BCUT2D eigenvalue weighted by Crippen LogP contribution is -2.74. The van der Waals surface area contributed by atoms with Crippen molar-refractivity contribution in [3.05, 3.63) is 23.3 Å². The monoisotopic (exact) mass is 668 g/mol. The van der Waals surface area contributed by atoms with Crippen molar-refractivity contribution in [3.8, 4) is 0 Å². The Balaban J connectivity index is 2.31. The van der Waals surface area contributed by atoms with Crippen LogP contribution in [0.15, 0.2) is 23.3 Å². The van der Waals surface area contributed by atoms with Crippen molar-refractivity contribution in [2.24, 2.45) is 28.6 Å². The third-order valence-corrected chi connectivity index (χ3v) is 11.1. The first-order valence-corrected chi connectivity index (χ1v) is 16.5. The molecule has 1 aliphatic heterocycles. The van der Waals surface area contributed by atoms with Gasteiger partial charge in [-0.05, 0) is 57.3 Å². The van der Waals surface area contributed by atoms with E-state index in [0.29, 0.717) is 17.6 Å². The van der Waals surface area contributed by atoms with Crippen LogP contribution in [0.4, 0.5) is 0 Å². The van der Waals surface area contributed by atoms with Crippen LogP contribution in [0, 0.1) is 28.6 Å². The second-order valence-electron chi connectivity index (χ2n) is 13.4. The van der Waals surface area contributed by atoms with Crippen molar-refractivity contribution in [2.75, 3.05) is 19.1 Å². The smallest absolute Gasteiger partial charge is 0.333 e. The Morgan fingerprint density at radius 2 is 1.85 bits per heavy atom. The molecule has 9 atom stereocenters. The van der Waals surface area contributed by atoms with E-state index in [-0.39, 0.29) is 50.7 Å². The average molecular weight is 669 g/mol. The number of carbonyl (C=O) groups excluding carboxylic acids is 5. The van der Waals surface area contributed by atoms with E-state index in [1.54, 1.807) is 26.8 Å². The van der Waals surface area contributed by atoms with Gasteiger partial charge in [0.2, 0.25) is 0 Å². The van der Waals surface area contributed by atoms with Gasteiger partial charge in [-0.25, -0.2) is 9.59 Å². The molecule has 0 amide bonds. The summed E-state index contributed by atoms with van der Waals surface area (Å²) in [5.74, 6) is -4.62. The molecule has 0 aromatic carbocycles. The van der Waals surface area contributed by atoms with Crippen LogP contribution in [0.3, 0.4) is 0 Å². The average Bonchev–Trinajstić information content (AvgIpc) is 3.44. The third kappa shape index (κ3) is 7.30. The van der Waals surface area contributed by atoms with E-state index in [2.05, 4.69) is 0 Å². The van der Waals surface area contributed by atoms with Crippen LogP contribution in [-0.4, -0.2) is 78.0 Å². The molecule has 0 aromatic rings. The Bertz CT molecular complexity index is 1260. The van der Waals surface area contributed by atoms with E-state index < -0.39 is 76.4 Å². The van der Waals surface area contributed by atoms with Crippen molar-refractivity contribution in [1.82, 2.24) is 0 Å². The Hall–Kier alpha value is -2.92. The summed E-state index contributed by atoms with van der Waals surface area (Å²) in [6, 6.07) is 0. The highest BCUT2D eigenvalue weighted by Crippen LogP contribution is 2.66. The molecule has 2 saturated carbocycles. The zero-order chi connectivity index (χ0) is 34.6. The first-order chi connectivity index (χ1) is 21.5. The van der Waals surface area contributed by atoms with E-state index in [1.165, 1.54) is 19.9 Å². The van der Waals surface area contributed by atoms with Gasteiger partial charge in [-0.15, -0.1) is 11.6 Å². The highest BCUT2D eigenvalue weighted by molar-refractivity contribution is 6.18. The molecule has 46 heavy (non-hydrogen) atoms. The van der Waals surface area contributed by atoms with E-state index in [0.717, 1.165) is 0 Å². The number of allylic oxidation sites excluding steroid dienone is 1. The summed E-state index contributed by atoms with van der Waals surface area (Å²) in [5.41, 5.74) is -3.37. The highest BCUT2D eigenvalue weighted by atomic mass is 35.5. The van der Waals surface area contributed by atoms with Crippen molar-refractivity contribution < 1.29 is 52.8 Å². The van der Waals surface area contributed by atoms with Crippen molar-refractivity contribution in [3.63, 3.8) is 0 Å². The minimum atomic E-state index is -1.73. The van der Waals surface area contributed by atoms with Crippen molar-refractivity contribution in [1.29, 1.82) is 0 Å². The Morgan fingerprint density at radius 3 is 2.37 bits per heavy atom. The molecular weight excluding hydrogens is 620 g/mol. The number of hydrogen-bond acceptors (Lipinski definition) is 11. The number of rotatable bonds is 12. The second-order valence-corrected chi connectivity index (χ2v) is 13.7. The highest BCUT2D eigenvalue weighted by Gasteiger charge is 2.73. The number of aliphatic hydroxyl groups is 1. The zero-order valence-corrected chi connectivity index (χ0v) is 28.9. The van der Waals surface area contributed by atoms with Crippen molar-refractivity contribution >= 4 is 41.4 Å². The summed E-state index contributed by atoms with van der Waals surface area (Å²) >= 11 is 6.57. The largest absolute Gasteiger partial charge is 0.465 e. The number of carbonyl (C=O) groups is 5. The summed E-state index contributed by atoms with van der Waals surface area (Å²) in [4.78, 5) is 63.6. The van der Waals surface area contributed by atoms with Crippen LogP contribution in [0.5, 0.6) is 0 Å². The van der Waals surface area contributed by atoms with Gasteiger partial charge in [-0.2, -0.15) is 0 Å². The third-order valence-electron chi connectivity index (χ3n) is 10.7. The minimum absolute atomic E-state index is 0.0588. The molecule has 1 N–H and O–H groups in total. The molecule has 2 aliphatic carbocycles. The molecule has 0 radical (unpaired) electrons. The molecule has 11 nitrogen and oxygen atoms in total. The van der Waals surface area contributed by atoms with Crippen LogP contribution < -0.4 is 0 Å².